The maximum Gasteiger partial charge on any atom is 0.312 e. The second-order valence-corrected chi connectivity index (χ2v) is 11.7. The smallest absolute Gasteiger partial charge is 0.312 e. The van der Waals surface area contributed by atoms with Crippen molar-refractivity contribution in [1.82, 2.24) is 20.9 Å². The molecular weight excluding hydrogens is 628 g/mol. The van der Waals surface area contributed by atoms with Crippen LogP contribution in [-0.2, 0) is 49.6 Å². The molecule has 0 unspecified atom stereocenters. The minimum Gasteiger partial charge on any atom is -0.461 e. The normalized spacial score (nSPS) is 15.2. The minimum atomic E-state index is -1.01. The summed E-state index contributed by atoms with van der Waals surface area (Å²) in [5.41, 5.74) is 6.33. The molecule has 48 heavy (non-hydrogen) atoms. The van der Waals surface area contributed by atoms with Crippen molar-refractivity contribution in [3.63, 3.8) is 0 Å². The first-order valence-electron chi connectivity index (χ1n) is 15.8. The predicted molar refractivity (Wildman–Crippen MR) is 171 cm³/mol. The lowest BCUT2D eigenvalue weighted by Crippen LogP contribution is -2.55. The Bertz CT molecular complexity index is 1330. The Balaban J connectivity index is 1.46. The molecule has 16 heteroatoms. The van der Waals surface area contributed by atoms with Gasteiger partial charge in [0.2, 0.25) is 17.7 Å². The molecule has 2 aliphatic rings. The van der Waals surface area contributed by atoms with Crippen LogP contribution in [0.25, 0.3) is 0 Å². The second kappa shape index (κ2) is 19.1. The largest absolute Gasteiger partial charge is 0.461 e. The van der Waals surface area contributed by atoms with E-state index in [0.717, 1.165) is 23.3 Å². The Labute approximate surface area is 278 Å². The number of primary amides is 1. The van der Waals surface area contributed by atoms with E-state index in [9.17, 15) is 33.6 Å². The molecule has 0 radical (unpaired) electrons. The highest BCUT2D eigenvalue weighted by Gasteiger charge is 2.31. The molecule has 0 saturated heterocycles. The van der Waals surface area contributed by atoms with Crippen LogP contribution < -0.4 is 27.0 Å². The molecule has 1 aliphatic heterocycles. The van der Waals surface area contributed by atoms with Gasteiger partial charge < -0.3 is 41.2 Å². The number of benzene rings is 1. The van der Waals surface area contributed by atoms with Crippen molar-refractivity contribution in [2.24, 2.45) is 17.6 Å². The molecule has 1 heterocycles. The maximum atomic E-state index is 13.3. The van der Waals surface area contributed by atoms with Gasteiger partial charge in [-0.2, -0.15) is 0 Å². The SMILES string of the molecule is CC(C)[C@H](NC(=O)COCCOCCN1C(=O)C=CC1=O)C(=O)N[C@@H](CCCNC(N)=O)C(=O)Nc1ccc(COC(=O)C2CC2)cc1. The summed E-state index contributed by atoms with van der Waals surface area (Å²) < 4.78 is 16.0. The third kappa shape index (κ3) is 13.1. The molecule has 6 N–H and O–H groups in total. The van der Waals surface area contributed by atoms with Crippen LogP contribution in [0.5, 0.6) is 0 Å². The molecule has 16 nitrogen and oxygen atoms in total. The highest BCUT2D eigenvalue weighted by molar-refractivity contribution is 6.12. The molecule has 2 atom stereocenters. The van der Waals surface area contributed by atoms with E-state index in [-0.39, 0.29) is 70.3 Å². The van der Waals surface area contributed by atoms with Crippen molar-refractivity contribution in [3.8, 4) is 0 Å². The van der Waals surface area contributed by atoms with Crippen molar-refractivity contribution in [1.29, 1.82) is 0 Å². The van der Waals surface area contributed by atoms with Gasteiger partial charge >= 0.3 is 12.0 Å². The van der Waals surface area contributed by atoms with Crippen molar-refractivity contribution >= 4 is 47.2 Å². The molecule has 1 aromatic rings. The number of ether oxygens (including phenoxy) is 3. The Morgan fingerprint density at radius 1 is 0.917 bits per heavy atom. The first kappa shape index (κ1) is 37.6. The lowest BCUT2D eigenvalue weighted by molar-refractivity contribution is -0.146. The molecule has 1 fully saturated rings. The van der Waals surface area contributed by atoms with E-state index < -0.39 is 47.7 Å². The van der Waals surface area contributed by atoms with Gasteiger partial charge in [0.15, 0.2) is 0 Å². The van der Waals surface area contributed by atoms with E-state index in [4.69, 9.17) is 19.9 Å². The maximum absolute atomic E-state index is 13.3. The van der Waals surface area contributed by atoms with E-state index in [0.29, 0.717) is 12.1 Å². The Morgan fingerprint density at radius 3 is 2.21 bits per heavy atom. The number of nitrogens with two attached hydrogens (primary N) is 1. The molecular formula is C32H44N6O10. The average Bonchev–Trinajstić information content (AvgIpc) is 3.85. The lowest BCUT2D eigenvalue weighted by Gasteiger charge is -2.25. The van der Waals surface area contributed by atoms with Gasteiger partial charge in [0.25, 0.3) is 11.8 Å². The number of hydrogen-bond donors (Lipinski definition) is 5. The number of nitrogens with one attached hydrogen (secondary N) is 4. The van der Waals surface area contributed by atoms with Gasteiger partial charge in [-0.1, -0.05) is 26.0 Å². The van der Waals surface area contributed by atoms with Crippen LogP contribution in [-0.4, -0.2) is 98.0 Å². The van der Waals surface area contributed by atoms with Gasteiger partial charge in [-0.15, -0.1) is 0 Å². The number of hydrogen-bond acceptors (Lipinski definition) is 10. The number of urea groups is 1. The predicted octanol–water partition coefficient (Wildman–Crippen LogP) is 0.111. The fraction of sp³-hybridized carbons (Fsp3) is 0.531. The van der Waals surface area contributed by atoms with Crippen LogP contribution in [0.1, 0.15) is 45.1 Å². The number of carbonyl (C=O) groups excluding carboxylic acids is 7. The summed E-state index contributed by atoms with van der Waals surface area (Å²) in [7, 11) is 0. The average molecular weight is 673 g/mol. The lowest BCUT2D eigenvalue weighted by atomic mass is 10.0. The van der Waals surface area contributed by atoms with Crippen molar-refractivity contribution in [2.45, 2.75) is 58.2 Å². The minimum absolute atomic E-state index is 0.00476. The third-order valence-electron chi connectivity index (χ3n) is 7.35. The van der Waals surface area contributed by atoms with E-state index in [1.54, 1.807) is 38.1 Å². The summed E-state index contributed by atoms with van der Waals surface area (Å²) in [5, 5.41) is 10.5. The van der Waals surface area contributed by atoms with Gasteiger partial charge in [-0.05, 0) is 49.3 Å². The van der Waals surface area contributed by atoms with Crippen LogP contribution in [0.2, 0.25) is 0 Å². The van der Waals surface area contributed by atoms with Crippen LogP contribution in [0.4, 0.5) is 10.5 Å². The molecule has 1 saturated carbocycles. The number of esters is 1. The number of rotatable bonds is 21. The molecule has 0 aromatic heterocycles. The van der Waals surface area contributed by atoms with Gasteiger partial charge in [0.05, 0.1) is 32.3 Å². The standard InChI is InChI=1S/C32H44N6O10/c1-20(2)28(37-25(39)19-47-17-16-46-15-14-38-26(40)11-12-27(38)41)30(43)36-24(4-3-13-34-32(33)45)29(42)35-23-9-5-21(6-10-23)18-48-31(44)22-7-8-22/h5-6,9-12,20,22,24,28H,3-4,7-8,13-19H2,1-2H3,(H,35,42)(H,36,43)(H,37,39)(H3,33,34,45)/t24-,28-/m0/s1. The molecule has 3 rings (SSSR count). The monoisotopic (exact) mass is 672 g/mol. The highest BCUT2D eigenvalue weighted by atomic mass is 16.5. The van der Waals surface area contributed by atoms with Crippen molar-refractivity contribution < 1.29 is 47.8 Å². The van der Waals surface area contributed by atoms with Gasteiger partial charge in [0.1, 0.15) is 25.3 Å². The Hall–Kier alpha value is -4.83. The summed E-state index contributed by atoms with van der Waals surface area (Å²) >= 11 is 0. The van der Waals surface area contributed by atoms with Gasteiger partial charge in [-0.3, -0.25) is 33.7 Å². The summed E-state index contributed by atoms with van der Waals surface area (Å²) in [4.78, 5) is 86.1. The zero-order chi connectivity index (χ0) is 35.1. The number of anilines is 1. The van der Waals surface area contributed by atoms with E-state index in [2.05, 4.69) is 21.3 Å². The molecule has 7 amide bonds. The Kier molecular flexibility index (Phi) is 15.0. The van der Waals surface area contributed by atoms with Crippen LogP contribution in [0.3, 0.4) is 0 Å². The van der Waals surface area contributed by atoms with Crippen LogP contribution in [0.15, 0.2) is 36.4 Å². The van der Waals surface area contributed by atoms with Gasteiger partial charge in [-0.25, -0.2) is 4.79 Å². The quantitative estimate of drug-likeness (QED) is 0.0673. The third-order valence-corrected chi connectivity index (χ3v) is 7.35. The zero-order valence-corrected chi connectivity index (χ0v) is 27.2. The first-order valence-corrected chi connectivity index (χ1v) is 15.8. The van der Waals surface area contributed by atoms with Crippen LogP contribution >= 0.6 is 0 Å². The number of amides is 7. The summed E-state index contributed by atoms with van der Waals surface area (Å²) in [5.74, 6) is -3.02. The molecule has 1 aromatic carbocycles. The zero-order valence-electron chi connectivity index (χ0n) is 27.2. The summed E-state index contributed by atoms with van der Waals surface area (Å²) in [6, 6.07) is 4.02. The number of imide groups is 1. The van der Waals surface area contributed by atoms with E-state index >= 15 is 0 Å². The fourth-order valence-electron chi connectivity index (χ4n) is 4.50. The number of carbonyl (C=O) groups is 7. The summed E-state index contributed by atoms with van der Waals surface area (Å²) in [6.45, 7) is 3.80. The van der Waals surface area contributed by atoms with E-state index in [1.807, 2.05) is 0 Å². The van der Waals surface area contributed by atoms with Crippen molar-refractivity contribution in [2.75, 3.05) is 44.8 Å². The topological polar surface area (TPSA) is 225 Å². The second-order valence-electron chi connectivity index (χ2n) is 11.7. The van der Waals surface area contributed by atoms with Crippen LogP contribution in [0, 0.1) is 11.8 Å². The molecule has 262 valence electrons. The summed E-state index contributed by atoms with van der Waals surface area (Å²) in [6.07, 6.45) is 4.56. The van der Waals surface area contributed by atoms with Gasteiger partial charge in [0, 0.05) is 24.4 Å². The van der Waals surface area contributed by atoms with E-state index in [1.165, 1.54) is 12.2 Å². The molecule has 1 aliphatic carbocycles. The van der Waals surface area contributed by atoms with Crippen molar-refractivity contribution in [3.05, 3.63) is 42.0 Å². The highest BCUT2D eigenvalue weighted by Crippen LogP contribution is 2.30. The first-order chi connectivity index (χ1) is 22.9. The number of nitrogens with zero attached hydrogens (tertiary/aromatic N) is 1. The molecule has 0 spiro atoms. The fourth-order valence-corrected chi connectivity index (χ4v) is 4.50. The Morgan fingerprint density at radius 2 is 1.58 bits per heavy atom. The molecule has 0 bridgehead atoms.